The van der Waals surface area contributed by atoms with Crippen molar-refractivity contribution in [2.24, 2.45) is 5.92 Å². The Labute approximate surface area is 112 Å². The number of hydrogen-bond donors (Lipinski definition) is 1. The molecule has 5 heteroatoms. The van der Waals surface area contributed by atoms with E-state index < -0.39 is 5.60 Å². The first-order chi connectivity index (χ1) is 7.42. The fourth-order valence-corrected chi connectivity index (χ4v) is 2.38. The van der Waals surface area contributed by atoms with Crippen LogP contribution in [0.1, 0.15) is 33.6 Å². The summed E-state index contributed by atoms with van der Waals surface area (Å²) >= 11 is 2.17. The second kappa shape index (κ2) is 6.05. The van der Waals surface area contributed by atoms with Crippen LogP contribution in [-0.2, 0) is 4.74 Å². The molecule has 0 spiro atoms. The summed E-state index contributed by atoms with van der Waals surface area (Å²) in [5, 5.41) is 0. The van der Waals surface area contributed by atoms with Crippen LogP contribution in [0.15, 0.2) is 0 Å². The topological polar surface area (TPSA) is 41.6 Å². The van der Waals surface area contributed by atoms with Crippen molar-refractivity contribution in [3.63, 3.8) is 0 Å². The molecule has 0 aromatic rings. The molecule has 1 aliphatic heterocycles. The Morgan fingerprint density at radius 1 is 1.44 bits per heavy atom. The Hall–Kier alpha value is -0.0400. The van der Waals surface area contributed by atoms with Crippen LogP contribution >= 0.6 is 22.9 Å². The van der Waals surface area contributed by atoms with Crippen molar-refractivity contribution in [1.29, 1.82) is 0 Å². The molecule has 0 unspecified atom stereocenters. The lowest BCUT2D eigenvalue weighted by atomic mass is 9.97. The molecule has 0 aromatic carbocycles. The number of rotatable bonds is 2. The minimum Gasteiger partial charge on any atom is -0.444 e. The van der Waals surface area contributed by atoms with E-state index in [1.165, 1.54) is 0 Å². The minimum absolute atomic E-state index is 0.173. The number of hydrogen-bond acceptors (Lipinski definition) is 3. The van der Waals surface area contributed by atoms with E-state index in [0.29, 0.717) is 5.92 Å². The number of halogens is 1. The zero-order valence-electron chi connectivity index (χ0n) is 10.3. The summed E-state index contributed by atoms with van der Waals surface area (Å²) in [6, 6.07) is 0. The average Bonchev–Trinajstić information content (AvgIpc) is 2.16. The highest BCUT2D eigenvalue weighted by atomic mass is 127. The minimum atomic E-state index is -0.391. The van der Waals surface area contributed by atoms with Crippen molar-refractivity contribution >= 4 is 29.0 Å². The van der Waals surface area contributed by atoms with Gasteiger partial charge in [0.2, 0.25) is 0 Å². The Balaban J connectivity index is 2.33. The number of nitrogens with one attached hydrogen (secondary N) is 1. The number of nitrogens with zero attached hydrogens (tertiary/aromatic N) is 1. The molecule has 1 heterocycles. The fourth-order valence-electron chi connectivity index (χ4n) is 1.76. The first kappa shape index (κ1) is 14.0. The first-order valence-electron chi connectivity index (χ1n) is 5.74. The van der Waals surface area contributed by atoms with Crippen molar-refractivity contribution in [2.45, 2.75) is 39.2 Å². The van der Waals surface area contributed by atoms with E-state index in [-0.39, 0.29) is 6.09 Å². The van der Waals surface area contributed by atoms with Gasteiger partial charge in [-0.2, -0.15) is 0 Å². The summed E-state index contributed by atoms with van der Waals surface area (Å²) in [6.45, 7) is 8.37. The van der Waals surface area contributed by atoms with Crippen LogP contribution in [0.25, 0.3) is 0 Å². The molecule has 0 radical (unpaired) electrons. The van der Waals surface area contributed by atoms with Crippen LogP contribution in [-0.4, -0.2) is 36.2 Å². The molecule has 4 nitrogen and oxygen atoms in total. The number of ether oxygens (including phenoxy) is 1. The fraction of sp³-hybridized carbons (Fsp3) is 0.909. The molecule has 1 aliphatic rings. The largest absolute Gasteiger partial charge is 0.444 e. The molecular formula is C11H21IN2O2. The second-order valence-corrected chi connectivity index (χ2v) is 6.01. The summed E-state index contributed by atoms with van der Waals surface area (Å²) < 4.78 is 8.50. The summed E-state index contributed by atoms with van der Waals surface area (Å²) in [4.78, 5) is 13.6. The van der Waals surface area contributed by atoms with E-state index in [1.54, 1.807) is 0 Å². The molecule has 1 N–H and O–H groups in total. The third-order valence-corrected chi connectivity index (χ3v) is 3.07. The van der Waals surface area contributed by atoms with Crippen LogP contribution in [0.3, 0.4) is 0 Å². The Bertz CT molecular complexity index is 233. The Morgan fingerprint density at radius 2 is 2.00 bits per heavy atom. The molecule has 1 saturated heterocycles. The van der Waals surface area contributed by atoms with Crippen LogP contribution in [0.2, 0.25) is 0 Å². The molecule has 16 heavy (non-hydrogen) atoms. The van der Waals surface area contributed by atoms with Gasteiger partial charge in [0.25, 0.3) is 0 Å². The SMILES string of the molecule is CC(C)(C)OC(=O)N1CCC(CNI)CC1. The lowest BCUT2D eigenvalue weighted by molar-refractivity contribution is 0.0186. The van der Waals surface area contributed by atoms with Crippen molar-refractivity contribution in [3.8, 4) is 0 Å². The van der Waals surface area contributed by atoms with Gasteiger partial charge >= 0.3 is 6.09 Å². The molecular weight excluding hydrogens is 319 g/mol. The maximum Gasteiger partial charge on any atom is 0.410 e. The number of carbonyl (C=O) groups is 1. The zero-order chi connectivity index (χ0) is 12.2. The van der Waals surface area contributed by atoms with Crippen LogP contribution in [0, 0.1) is 5.92 Å². The van der Waals surface area contributed by atoms with Crippen molar-refractivity contribution in [3.05, 3.63) is 0 Å². The van der Waals surface area contributed by atoms with E-state index in [9.17, 15) is 4.79 Å². The molecule has 1 fully saturated rings. The summed E-state index contributed by atoms with van der Waals surface area (Å²) in [6.07, 6.45) is 1.96. The number of piperidine rings is 1. The smallest absolute Gasteiger partial charge is 0.410 e. The van der Waals surface area contributed by atoms with Gasteiger partial charge in [0.15, 0.2) is 0 Å². The van der Waals surface area contributed by atoms with E-state index in [0.717, 1.165) is 32.5 Å². The second-order valence-electron chi connectivity index (χ2n) is 5.25. The van der Waals surface area contributed by atoms with Gasteiger partial charge in [0.1, 0.15) is 5.60 Å². The van der Waals surface area contributed by atoms with Crippen molar-refractivity contribution in [2.75, 3.05) is 19.6 Å². The third-order valence-electron chi connectivity index (χ3n) is 2.63. The van der Waals surface area contributed by atoms with E-state index in [4.69, 9.17) is 4.74 Å². The van der Waals surface area contributed by atoms with Crippen LogP contribution < -0.4 is 3.53 Å². The normalized spacial score (nSPS) is 18.6. The van der Waals surface area contributed by atoms with Gasteiger partial charge < -0.3 is 9.64 Å². The predicted molar refractivity (Wildman–Crippen MR) is 72.6 cm³/mol. The van der Waals surface area contributed by atoms with Gasteiger partial charge in [-0.05, 0) is 39.5 Å². The maximum atomic E-state index is 11.8. The lowest BCUT2D eigenvalue weighted by Crippen LogP contribution is -2.42. The van der Waals surface area contributed by atoms with Gasteiger partial charge in [0.05, 0.1) is 0 Å². The summed E-state index contributed by atoms with van der Waals surface area (Å²) in [7, 11) is 0. The van der Waals surface area contributed by atoms with Gasteiger partial charge in [-0.15, -0.1) is 0 Å². The molecule has 0 atom stereocenters. The monoisotopic (exact) mass is 340 g/mol. The number of carbonyl (C=O) groups excluding carboxylic acids is 1. The highest BCUT2D eigenvalue weighted by molar-refractivity contribution is 14.1. The van der Waals surface area contributed by atoms with Crippen LogP contribution in [0.5, 0.6) is 0 Å². The Kier molecular flexibility index (Phi) is 5.30. The highest BCUT2D eigenvalue weighted by Gasteiger charge is 2.26. The van der Waals surface area contributed by atoms with Crippen LogP contribution in [0.4, 0.5) is 4.79 Å². The Morgan fingerprint density at radius 3 is 2.44 bits per heavy atom. The van der Waals surface area contributed by atoms with E-state index in [1.807, 2.05) is 25.7 Å². The average molecular weight is 340 g/mol. The van der Waals surface area contributed by atoms with Gasteiger partial charge in [-0.3, -0.25) is 3.53 Å². The molecule has 0 aromatic heterocycles. The maximum absolute atomic E-state index is 11.8. The number of amides is 1. The summed E-state index contributed by atoms with van der Waals surface area (Å²) in [5.74, 6) is 0.690. The third kappa shape index (κ3) is 4.86. The molecule has 1 amide bonds. The molecule has 94 valence electrons. The van der Waals surface area contributed by atoms with Gasteiger partial charge in [-0.25, -0.2) is 4.79 Å². The first-order valence-corrected chi connectivity index (χ1v) is 6.81. The molecule has 0 bridgehead atoms. The molecule has 0 saturated carbocycles. The van der Waals surface area contributed by atoms with Crippen molar-refractivity contribution < 1.29 is 9.53 Å². The predicted octanol–water partition coefficient (Wildman–Crippen LogP) is 2.57. The molecule has 1 rings (SSSR count). The van der Waals surface area contributed by atoms with E-state index >= 15 is 0 Å². The zero-order valence-corrected chi connectivity index (χ0v) is 12.4. The lowest BCUT2D eigenvalue weighted by Gasteiger charge is -2.33. The highest BCUT2D eigenvalue weighted by Crippen LogP contribution is 2.19. The van der Waals surface area contributed by atoms with Gasteiger partial charge in [-0.1, -0.05) is 0 Å². The van der Waals surface area contributed by atoms with E-state index in [2.05, 4.69) is 26.4 Å². The summed E-state index contributed by atoms with van der Waals surface area (Å²) in [5.41, 5.74) is -0.391. The van der Waals surface area contributed by atoms with Gasteiger partial charge in [0, 0.05) is 42.5 Å². The quantitative estimate of drug-likeness (QED) is 0.621. The standard InChI is InChI=1S/C11H21IN2O2/c1-11(2,3)16-10(15)14-6-4-9(5-7-14)8-13-12/h9,13H,4-8H2,1-3H3. The van der Waals surface area contributed by atoms with Crippen molar-refractivity contribution in [1.82, 2.24) is 8.43 Å². The number of likely N-dealkylation sites (tertiary alicyclic amines) is 1. The molecule has 0 aliphatic carbocycles.